The monoisotopic (exact) mass is 851 g/mol. The number of Topliss-reactive ketones (excluding diaryl/α,β-unsaturated/α-hetero) is 3. The van der Waals surface area contributed by atoms with Crippen LogP contribution < -0.4 is 29.6 Å². The Bertz CT molecular complexity index is 780. The SMILES string of the molecule is BrBr.CC(C)C1(Br)CCC(C)(Br)CC1=O.CC(C)C1(O)CCC(C)(O)CC1=O.CC1CCC(C(C)C)C(=O)C1.[2HH].[Na+].[OH-]. The summed E-state index contributed by atoms with van der Waals surface area (Å²) in [6, 6.07) is 0. The number of alkyl halides is 2. The van der Waals surface area contributed by atoms with Crippen molar-refractivity contribution in [3.8, 4) is 0 Å². The van der Waals surface area contributed by atoms with E-state index in [-0.39, 0.29) is 63.2 Å². The Hall–Kier alpha value is 1.81. The summed E-state index contributed by atoms with van der Waals surface area (Å²) in [5.74, 6) is 2.48. The molecule has 0 spiro atoms. The summed E-state index contributed by atoms with van der Waals surface area (Å²) >= 11 is 12.7. The smallest absolute Gasteiger partial charge is 0.870 e. The number of carbonyl (C=O) groups is 3. The van der Waals surface area contributed by atoms with Gasteiger partial charge >= 0.3 is 29.6 Å². The Morgan fingerprint density at radius 3 is 1.68 bits per heavy atom. The van der Waals surface area contributed by atoms with Crippen LogP contribution in [0.3, 0.4) is 0 Å². The first-order valence-electron chi connectivity index (χ1n) is 14.2. The van der Waals surface area contributed by atoms with Gasteiger partial charge < -0.3 is 15.7 Å². The molecule has 3 rings (SSSR count). The molecule has 6 unspecified atom stereocenters. The van der Waals surface area contributed by atoms with Crippen molar-refractivity contribution in [1.29, 1.82) is 0 Å². The molecule has 0 radical (unpaired) electrons. The molecule has 0 bridgehead atoms. The van der Waals surface area contributed by atoms with Crippen LogP contribution in [0, 0.1) is 29.6 Å². The molecule has 3 aliphatic rings. The first-order valence-corrected chi connectivity index (χ1v) is 19.5. The van der Waals surface area contributed by atoms with Crippen LogP contribution >= 0.6 is 60.1 Å². The summed E-state index contributed by atoms with van der Waals surface area (Å²) in [6.45, 7) is 18.1. The fourth-order valence-electron chi connectivity index (χ4n) is 5.49. The van der Waals surface area contributed by atoms with E-state index in [1.165, 1.54) is 6.42 Å². The largest absolute Gasteiger partial charge is 1.00 e. The standard InChI is InChI=1S/C10H16Br2O.C10H18O3.C10H18O.Br2.Na.H2O.H2/c1-7(2)10(12)5-4-9(3,11)6-8(10)13;1-7(2)10(13)5-4-9(3,12)6-8(10)11;1-7(2)9-5-4-8(3)6-10(9)11;1-2;;;/h7H,4-6H2,1-3H3;7,12-13H,4-6H2,1-3H3;7-9H,4-6H2,1-3H3;;;1H2;1H/q;;;;+1;;/p-1/i;;;;;;1+1. The van der Waals surface area contributed by atoms with Crippen molar-refractivity contribution >= 4 is 77.5 Å². The molecular formula is C30H55Br4NaO6. The van der Waals surface area contributed by atoms with E-state index in [9.17, 15) is 24.6 Å². The number of rotatable bonds is 3. The molecule has 11 heteroatoms. The van der Waals surface area contributed by atoms with E-state index in [2.05, 4.69) is 102 Å². The van der Waals surface area contributed by atoms with Crippen molar-refractivity contribution in [3.05, 3.63) is 0 Å². The average Bonchev–Trinajstić information content (AvgIpc) is 2.80. The quantitative estimate of drug-likeness (QED) is 0.267. The van der Waals surface area contributed by atoms with E-state index >= 15 is 0 Å². The summed E-state index contributed by atoms with van der Waals surface area (Å²) in [6.07, 6.45) is 6.75. The Balaban J connectivity index is -0.000000243. The van der Waals surface area contributed by atoms with Crippen LogP contribution in [0.2, 0.25) is 0 Å². The number of halogens is 4. The van der Waals surface area contributed by atoms with E-state index in [4.69, 9.17) is 0 Å². The molecule has 41 heavy (non-hydrogen) atoms. The van der Waals surface area contributed by atoms with E-state index < -0.39 is 11.2 Å². The number of aliphatic hydroxyl groups is 2. The van der Waals surface area contributed by atoms with Crippen LogP contribution in [0.15, 0.2) is 0 Å². The molecule has 3 fully saturated rings. The number of hydrogen-bond donors (Lipinski definition) is 2. The van der Waals surface area contributed by atoms with Gasteiger partial charge in [-0.25, -0.2) is 0 Å². The van der Waals surface area contributed by atoms with Crippen LogP contribution in [0.4, 0.5) is 0 Å². The third-order valence-electron chi connectivity index (χ3n) is 8.68. The second kappa shape index (κ2) is 20.1. The predicted molar refractivity (Wildman–Crippen MR) is 180 cm³/mol. The van der Waals surface area contributed by atoms with Gasteiger partial charge in [-0.15, -0.1) is 0 Å². The van der Waals surface area contributed by atoms with E-state index in [1.807, 2.05) is 13.8 Å². The van der Waals surface area contributed by atoms with Gasteiger partial charge in [-0.05, 0) is 76.0 Å². The van der Waals surface area contributed by atoms with Gasteiger partial charge in [-0.1, -0.05) is 80.3 Å². The molecule has 6 atom stereocenters. The normalized spacial score (nSPS) is 35.1. The van der Waals surface area contributed by atoms with Gasteiger partial charge in [0.05, 0.1) is 9.93 Å². The maximum absolute atomic E-state index is 11.9. The van der Waals surface area contributed by atoms with E-state index in [0.29, 0.717) is 54.5 Å². The van der Waals surface area contributed by atoms with Crippen LogP contribution in [-0.4, -0.2) is 52.9 Å². The fraction of sp³-hybridized carbons (Fsp3) is 0.900. The molecule has 0 aromatic heterocycles. The van der Waals surface area contributed by atoms with Gasteiger partial charge in [0, 0.05) is 59.2 Å². The number of carbonyl (C=O) groups excluding carboxylic acids is 3. The maximum atomic E-state index is 11.9. The maximum Gasteiger partial charge on any atom is 1.00 e. The topological polar surface area (TPSA) is 122 Å². The van der Waals surface area contributed by atoms with Crippen molar-refractivity contribution in [2.75, 3.05) is 0 Å². The molecule has 0 heterocycles. The molecule has 0 aromatic rings. The first-order chi connectivity index (χ1) is 17.7. The van der Waals surface area contributed by atoms with Crippen molar-refractivity contribution in [1.82, 2.24) is 0 Å². The van der Waals surface area contributed by atoms with Gasteiger partial charge in [0.15, 0.2) is 11.6 Å². The Labute approximate surface area is 305 Å². The third-order valence-corrected chi connectivity index (χ3v) is 11.1. The Morgan fingerprint density at radius 1 is 0.805 bits per heavy atom. The van der Waals surface area contributed by atoms with Gasteiger partial charge in [-0.3, -0.25) is 14.4 Å². The van der Waals surface area contributed by atoms with Crippen LogP contribution in [0.5, 0.6) is 0 Å². The van der Waals surface area contributed by atoms with E-state index in [0.717, 1.165) is 25.7 Å². The second-order valence-electron chi connectivity index (χ2n) is 13.4. The Kier molecular flexibility index (Phi) is 23.2. The minimum Gasteiger partial charge on any atom is -0.870 e. The van der Waals surface area contributed by atoms with Gasteiger partial charge in [0.2, 0.25) is 0 Å². The van der Waals surface area contributed by atoms with Gasteiger partial charge in [0.1, 0.15) is 11.4 Å². The minimum atomic E-state index is -1.21. The molecular weight excluding hydrogens is 799 g/mol. The van der Waals surface area contributed by atoms with Crippen molar-refractivity contribution < 1.29 is 61.1 Å². The molecule has 3 aliphatic carbocycles. The number of ketones is 3. The molecule has 0 aromatic carbocycles. The summed E-state index contributed by atoms with van der Waals surface area (Å²) < 4.78 is -0.240. The third kappa shape index (κ3) is 14.8. The second-order valence-corrected chi connectivity index (χ2v) is 16.7. The summed E-state index contributed by atoms with van der Waals surface area (Å²) in [4.78, 5) is 34.9. The molecule has 6 nitrogen and oxygen atoms in total. The van der Waals surface area contributed by atoms with Crippen molar-refractivity contribution in [2.45, 2.75) is 140 Å². The molecule has 240 valence electrons. The average molecular weight is 855 g/mol. The summed E-state index contributed by atoms with van der Waals surface area (Å²) in [5, 5.41) is 19.6. The predicted octanol–water partition coefficient (Wildman–Crippen LogP) is 5.97. The van der Waals surface area contributed by atoms with Crippen molar-refractivity contribution in [2.24, 2.45) is 29.6 Å². The fourth-order valence-corrected chi connectivity index (χ4v) is 6.28. The van der Waals surface area contributed by atoms with Crippen LogP contribution in [0.25, 0.3) is 0 Å². The molecule has 0 amide bonds. The minimum absolute atomic E-state index is 0. The Morgan fingerprint density at radius 2 is 1.32 bits per heavy atom. The van der Waals surface area contributed by atoms with Crippen LogP contribution in [0.1, 0.15) is 122 Å². The molecule has 0 saturated heterocycles. The molecule has 3 N–H and O–H groups in total. The van der Waals surface area contributed by atoms with E-state index in [1.54, 1.807) is 6.92 Å². The molecule has 3 saturated carbocycles. The zero-order valence-electron chi connectivity index (χ0n) is 26.8. The summed E-state index contributed by atoms with van der Waals surface area (Å²) in [5.41, 5.74) is -2.12. The molecule has 0 aliphatic heterocycles. The zero-order chi connectivity index (χ0) is 31.0. The zero-order valence-corrected chi connectivity index (χ0v) is 35.2. The van der Waals surface area contributed by atoms with Gasteiger partial charge in [0.25, 0.3) is 0 Å². The summed E-state index contributed by atoms with van der Waals surface area (Å²) in [7, 11) is 0. The van der Waals surface area contributed by atoms with Crippen molar-refractivity contribution in [3.63, 3.8) is 0 Å². The first kappa shape index (κ1) is 47.2. The number of hydrogen-bond acceptors (Lipinski definition) is 6. The van der Waals surface area contributed by atoms with Gasteiger partial charge in [-0.2, -0.15) is 0 Å². The van der Waals surface area contributed by atoms with Crippen LogP contribution in [-0.2, 0) is 14.4 Å².